The third-order valence-corrected chi connectivity index (χ3v) is 4.21. The third-order valence-electron chi connectivity index (χ3n) is 4.21. The average molecular weight is 249 g/mol. The molecule has 1 N–H and O–H groups in total. The van der Waals surface area contributed by atoms with Gasteiger partial charge in [0.2, 0.25) is 5.91 Å². The van der Waals surface area contributed by atoms with E-state index < -0.39 is 12.0 Å². The molecule has 0 bridgehead atoms. The third kappa shape index (κ3) is 2.28. The molecule has 3 fully saturated rings. The molecule has 0 radical (unpaired) electrons. The van der Waals surface area contributed by atoms with Crippen LogP contribution in [0.4, 0.5) is 0 Å². The maximum atomic E-state index is 12.2. The van der Waals surface area contributed by atoms with Crippen molar-refractivity contribution < 1.29 is 14.7 Å². The second-order valence-electron chi connectivity index (χ2n) is 5.72. The minimum Gasteiger partial charge on any atom is -0.480 e. The number of carboxylic acid groups (broad SMARTS) is 1. The number of likely N-dealkylation sites (tertiary alicyclic amines) is 1. The molecule has 0 spiro atoms. The quantitative estimate of drug-likeness (QED) is 0.773. The first-order chi connectivity index (χ1) is 8.66. The monoisotopic (exact) mass is 249 g/mol. The highest BCUT2D eigenvalue weighted by molar-refractivity contribution is 5.92. The first-order valence-corrected chi connectivity index (χ1v) is 6.91. The fourth-order valence-electron chi connectivity index (χ4n) is 2.92. The van der Waals surface area contributed by atoms with Gasteiger partial charge in [-0.15, -0.1) is 0 Å². The molecule has 1 saturated heterocycles. The first kappa shape index (κ1) is 11.8. The first-order valence-electron chi connectivity index (χ1n) is 6.91. The molecule has 4 heteroatoms. The lowest BCUT2D eigenvalue weighted by Gasteiger charge is -2.20. The van der Waals surface area contributed by atoms with Crippen molar-refractivity contribution in [3.05, 3.63) is 11.6 Å². The van der Waals surface area contributed by atoms with E-state index in [1.807, 2.05) is 0 Å². The van der Waals surface area contributed by atoms with Gasteiger partial charge in [-0.05, 0) is 50.4 Å². The minimum atomic E-state index is -0.867. The van der Waals surface area contributed by atoms with Crippen LogP contribution in [0.25, 0.3) is 0 Å². The molecule has 0 aromatic carbocycles. The molecule has 1 heterocycles. The highest BCUT2D eigenvalue weighted by atomic mass is 16.4. The van der Waals surface area contributed by atoms with Crippen LogP contribution in [0.2, 0.25) is 0 Å². The van der Waals surface area contributed by atoms with Gasteiger partial charge in [-0.1, -0.05) is 5.57 Å². The van der Waals surface area contributed by atoms with Gasteiger partial charge in [-0.25, -0.2) is 4.79 Å². The van der Waals surface area contributed by atoms with E-state index in [-0.39, 0.29) is 5.91 Å². The fourth-order valence-corrected chi connectivity index (χ4v) is 2.92. The molecule has 18 heavy (non-hydrogen) atoms. The van der Waals surface area contributed by atoms with Gasteiger partial charge in [-0.3, -0.25) is 4.79 Å². The zero-order chi connectivity index (χ0) is 12.7. The van der Waals surface area contributed by atoms with Crippen LogP contribution < -0.4 is 0 Å². The maximum absolute atomic E-state index is 12.2. The Morgan fingerprint density at radius 3 is 2.17 bits per heavy atom. The second-order valence-corrected chi connectivity index (χ2v) is 5.72. The number of allylic oxidation sites excluding steroid dienone is 1. The predicted molar refractivity (Wildman–Crippen MR) is 65.9 cm³/mol. The summed E-state index contributed by atoms with van der Waals surface area (Å²) < 4.78 is 0. The van der Waals surface area contributed by atoms with Crippen molar-refractivity contribution in [3.8, 4) is 0 Å². The molecule has 3 aliphatic rings. The molecule has 1 unspecified atom stereocenters. The number of hydrogen-bond donors (Lipinski definition) is 1. The molecule has 0 aromatic heterocycles. The number of aliphatic carboxylic acids is 1. The molecular formula is C14H19NO3. The van der Waals surface area contributed by atoms with Gasteiger partial charge < -0.3 is 10.0 Å². The summed E-state index contributed by atoms with van der Waals surface area (Å²) in [5.74, 6) is 0.294. The van der Waals surface area contributed by atoms with E-state index in [0.717, 1.165) is 6.42 Å². The zero-order valence-electron chi connectivity index (χ0n) is 10.5. The normalized spacial score (nSPS) is 27.1. The summed E-state index contributed by atoms with van der Waals surface area (Å²) in [5.41, 5.74) is 1.30. The van der Waals surface area contributed by atoms with E-state index in [0.29, 0.717) is 24.8 Å². The van der Waals surface area contributed by atoms with Crippen molar-refractivity contribution in [1.82, 2.24) is 4.90 Å². The van der Waals surface area contributed by atoms with E-state index in [9.17, 15) is 9.59 Å². The van der Waals surface area contributed by atoms with Gasteiger partial charge in [0.15, 0.2) is 0 Å². The Hall–Kier alpha value is -1.32. The average Bonchev–Trinajstić information content (AvgIpc) is 3.24. The molecule has 4 nitrogen and oxygen atoms in total. The lowest BCUT2D eigenvalue weighted by Crippen LogP contribution is -2.39. The van der Waals surface area contributed by atoms with E-state index in [2.05, 4.69) is 0 Å². The van der Waals surface area contributed by atoms with Crippen LogP contribution in [0, 0.1) is 11.8 Å². The zero-order valence-corrected chi connectivity index (χ0v) is 10.5. The number of carbonyl (C=O) groups excluding carboxylic acids is 1. The van der Waals surface area contributed by atoms with Crippen LogP contribution in [0.3, 0.4) is 0 Å². The Morgan fingerprint density at radius 2 is 1.67 bits per heavy atom. The molecule has 2 saturated carbocycles. The second kappa shape index (κ2) is 4.41. The van der Waals surface area contributed by atoms with Crippen LogP contribution in [0.1, 0.15) is 38.5 Å². The molecule has 1 amide bonds. The highest BCUT2D eigenvalue weighted by Gasteiger charge is 2.38. The summed E-state index contributed by atoms with van der Waals surface area (Å²) in [7, 11) is 0. The van der Waals surface area contributed by atoms with E-state index in [4.69, 9.17) is 5.11 Å². The van der Waals surface area contributed by atoms with E-state index in [1.54, 1.807) is 6.08 Å². The number of hydrogen-bond acceptors (Lipinski definition) is 2. The molecule has 2 aliphatic carbocycles. The van der Waals surface area contributed by atoms with Crippen LogP contribution in [0.15, 0.2) is 11.6 Å². The lowest BCUT2D eigenvalue weighted by molar-refractivity contribution is -0.146. The number of nitrogens with zero attached hydrogens (tertiary/aromatic N) is 1. The Balaban J connectivity index is 1.73. The van der Waals surface area contributed by atoms with Crippen molar-refractivity contribution in [1.29, 1.82) is 0 Å². The summed E-state index contributed by atoms with van der Waals surface area (Å²) in [6.07, 6.45) is 7.98. The van der Waals surface area contributed by atoms with Crippen molar-refractivity contribution >= 4 is 11.9 Å². The topological polar surface area (TPSA) is 57.6 Å². The summed E-state index contributed by atoms with van der Waals surface area (Å²) >= 11 is 0. The van der Waals surface area contributed by atoms with Crippen molar-refractivity contribution in [3.63, 3.8) is 0 Å². The summed E-state index contributed by atoms with van der Waals surface area (Å²) in [4.78, 5) is 24.8. The van der Waals surface area contributed by atoms with Gasteiger partial charge >= 0.3 is 5.97 Å². The highest BCUT2D eigenvalue weighted by Crippen LogP contribution is 2.48. The van der Waals surface area contributed by atoms with Gasteiger partial charge in [0, 0.05) is 12.6 Å². The van der Waals surface area contributed by atoms with Crippen LogP contribution in [0.5, 0.6) is 0 Å². The summed E-state index contributed by atoms with van der Waals surface area (Å²) in [6, 6.07) is -0.603. The summed E-state index contributed by atoms with van der Waals surface area (Å²) in [5, 5.41) is 9.10. The van der Waals surface area contributed by atoms with E-state index >= 15 is 0 Å². The fraction of sp³-hybridized carbons (Fsp3) is 0.714. The minimum absolute atomic E-state index is 0.0753. The number of carboxylic acids is 1. The smallest absolute Gasteiger partial charge is 0.326 e. The number of rotatable bonds is 4. The van der Waals surface area contributed by atoms with Crippen molar-refractivity contribution in [2.24, 2.45) is 11.8 Å². The SMILES string of the molecule is O=C(O)C1CCCN1C(=O)C=C(C1CC1)C1CC1. The molecule has 0 aromatic rings. The molecule has 98 valence electrons. The van der Waals surface area contributed by atoms with Gasteiger partial charge in [0.25, 0.3) is 0 Å². The van der Waals surface area contributed by atoms with Crippen molar-refractivity contribution in [2.75, 3.05) is 6.54 Å². The Morgan fingerprint density at radius 1 is 1.06 bits per heavy atom. The Labute approximate surface area is 107 Å². The Bertz CT molecular complexity index is 393. The predicted octanol–water partition coefficient (Wildman–Crippen LogP) is 1.81. The van der Waals surface area contributed by atoms with E-state index in [1.165, 1.54) is 36.2 Å². The van der Waals surface area contributed by atoms with Gasteiger partial charge in [0.1, 0.15) is 6.04 Å². The molecule has 3 rings (SSSR count). The van der Waals surface area contributed by atoms with Crippen LogP contribution in [-0.2, 0) is 9.59 Å². The number of amides is 1. The maximum Gasteiger partial charge on any atom is 0.326 e. The molecular weight excluding hydrogens is 230 g/mol. The molecule has 1 atom stereocenters. The van der Waals surface area contributed by atoms with Crippen LogP contribution in [-0.4, -0.2) is 34.5 Å². The largest absolute Gasteiger partial charge is 0.480 e. The number of carbonyl (C=O) groups is 2. The standard InChI is InChI=1S/C14H19NO3/c16-13(15-7-1-2-12(15)14(17)18)8-11(9-3-4-9)10-5-6-10/h8-10,12H,1-7H2,(H,17,18). The van der Waals surface area contributed by atoms with Crippen molar-refractivity contribution in [2.45, 2.75) is 44.6 Å². The summed E-state index contributed by atoms with van der Waals surface area (Å²) in [6.45, 7) is 0.592. The van der Waals surface area contributed by atoms with Gasteiger partial charge in [-0.2, -0.15) is 0 Å². The van der Waals surface area contributed by atoms with Gasteiger partial charge in [0.05, 0.1) is 0 Å². The lowest BCUT2D eigenvalue weighted by atomic mass is 10.1. The van der Waals surface area contributed by atoms with Crippen LogP contribution >= 0.6 is 0 Å². The molecule has 1 aliphatic heterocycles. The Kier molecular flexibility index (Phi) is 2.88.